The molecule has 2 bridgehead atoms. The molecule has 1 amide bonds. The number of hydrogen-bond acceptors (Lipinski definition) is 4. The molecule has 5 nitrogen and oxygen atoms in total. The van der Waals surface area contributed by atoms with E-state index in [0.717, 1.165) is 37.4 Å². The van der Waals surface area contributed by atoms with Crippen molar-refractivity contribution in [2.45, 2.75) is 51.2 Å². The Morgan fingerprint density at radius 1 is 1.04 bits per heavy atom. The van der Waals surface area contributed by atoms with E-state index in [4.69, 9.17) is 4.74 Å². The van der Waals surface area contributed by atoms with Crippen LogP contribution in [0.1, 0.15) is 38.2 Å². The van der Waals surface area contributed by atoms with Crippen LogP contribution in [0.5, 0.6) is 0 Å². The normalized spacial score (nSPS) is 28.0. The van der Waals surface area contributed by atoms with Crippen LogP contribution in [0.25, 0.3) is 0 Å². The third-order valence-corrected chi connectivity index (χ3v) is 6.22. The molecule has 1 aromatic rings. The molecule has 0 spiro atoms. The molecule has 0 aliphatic carbocycles. The van der Waals surface area contributed by atoms with Gasteiger partial charge in [-0.05, 0) is 49.3 Å². The van der Waals surface area contributed by atoms with Gasteiger partial charge >= 0.3 is 0 Å². The van der Waals surface area contributed by atoms with Gasteiger partial charge in [0.2, 0.25) is 5.91 Å². The van der Waals surface area contributed by atoms with Crippen molar-refractivity contribution < 1.29 is 9.53 Å². The summed E-state index contributed by atoms with van der Waals surface area (Å²) in [6.45, 7) is 8.12. The van der Waals surface area contributed by atoms with Crippen molar-refractivity contribution in [3.63, 3.8) is 0 Å². The van der Waals surface area contributed by atoms with Gasteiger partial charge in [0.05, 0.1) is 0 Å². The molecule has 0 unspecified atom stereocenters. The van der Waals surface area contributed by atoms with Gasteiger partial charge < -0.3 is 10.1 Å². The van der Waals surface area contributed by atoms with Crippen molar-refractivity contribution in [1.82, 2.24) is 9.80 Å². The van der Waals surface area contributed by atoms with E-state index in [0.29, 0.717) is 6.04 Å². The quantitative estimate of drug-likeness (QED) is 0.900. The zero-order valence-corrected chi connectivity index (χ0v) is 15.8. The lowest BCUT2D eigenvalue weighted by Crippen LogP contribution is -2.45. The highest BCUT2D eigenvalue weighted by Gasteiger charge is 2.37. The van der Waals surface area contributed by atoms with Crippen LogP contribution >= 0.6 is 0 Å². The van der Waals surface area contributed by atoms with Crippen LogP contribution in [0.4, 0.5) is 5.69 Å². The summed E-state index contributed by atoms with van der Waals surface area (Å²) in [6.07, 6.45) is 5.10. The van der Waals surface area contributed by atoms with Crippen LogP contribution in [-0.2, 0) is 16.1 Å². The number of amides is 1. The molecule has 142 valence electrons. The van der Waals surface area contributed by atoms with Gasteiger partial charge in [-0.2, -0.15) is 0 Å². The van der Waals surface area contributed by atoms with E-state index >= 15 is 0 Å². The lowest BCUT2D eigenvalue weighted by molar-refractivity contribution is -0.114. The second kappa shape index (κ2) is 8.07. The van der Waals surface area contributed by atoms with Crippen LogP contribution in [0.3, 0.4) is 0 Å². The van der Waals surface area contributed by atoms with Crippen molar-refractivity contribution in [3.8, 4) is 0 Å². The maximum Gasteiger partial charge on any atom is 0.221 e. The van der Waals surface area contributed by atoms with Gasteiger partial charge in [-0.15, -0.1) is 0 Å². The summed E-state index contributed by atoms with van der Waals surface area (Å²) < 4.78 is 5.56. The molecule has 4 saturated heterocycles. The van der Waals surface area contributed by atoms with Gasteiger partial charge in [-0.1, -0.05) is 12.1 Å². The summed E-state index contributed by atoms with van der Waals surface area (Å²) in [4.78, 5) is 16.6. The largest absolute Gasteiger partial charge is 0.381 e. The molecular weight excluding hydrogens is 326 g/mol. The standard InChI is InChI=1S/C21H31N3O2/c1-16(25)22-19-5-2-17(3-6-19)12-23-13-18-4-7-21(23)15-24(14-18)20-8-10-26-11-9-20/h2-3,5-6,18,20-21H,4,7-15H2,1H3,(H,22,25)/t18-,21-/m1/s1. The molecule has 4 fully saturated rings. The van der Waals surface area contributed by atoms with E-state index in [1.165, 1.54) is 50.9 Å². The van der Waals surface area contributed by atoms with Crippen molar-refractivity contribution >= 4 is 11.6 Å². The molecule has 4 heterocycles. The summed E-state index contributed by atoms with van der Waals surface area (Å²) >= 11 is 0. The Kier molecular flexibility index (Phi) is 5.57. The highest BCUT2D eigenvalue weighted by molar-refractivity contribution is 5.88. The van der Waals surface area contributed by atoms with E-state index in [2.05, 4.69) is 27.2 Å². The van der Waals surface area contributed by atoms with Gasteiger partial charge in [0.15, 0.2) is 0 Å². The summed E-state index contributed by atoms with van der Waals surface area (Å²) in [6, 6.07) is 9.73. The highest BCUT2D eigenvalue weighted by atomic mass is 16.5. The molecule has 1 N–H and O–H groups in total. The highest BCUT2D eigenvalue weighted by Crippen LogP contribution is 2.31. The minimum Gasteiger partial charge on any atom is -0.381 e. The SMILES string of the molecule is CC(=O)Nc1ccc(CN2C[C@H]3CC[C@@H]2CN(C2CCOCC2)C3)cc1. The van der Waals surface area contributed by atoms with Crippen molar-refractivity contribution in [2.24, 2.45) is 5.92 Å². The molecule has 4 aliphatic heterocycles. The minimum absolute atomic E-state index is 0.0178. The third-order valence-electron chi connectivity index (χ3n) is 6.22. The first-order valence-corrected chi connectivity index (χ1v) is 10.1. The number of benzene rings is 1. The Balaban J connectivity index is 1.39. The molecule has 0 radical (unpaired) electrons. The number of hydrogen-bond donors (Lipinski definition) is 1. The Labute approximate surface area is 156 Å². The van der Waals surface area contributed by atoms with E-state index in [1.54, 1.807) is 6.92 Å². The molecule has 0 saturated carbocycles. The Morgan fingerprint density at radius 2 is 1.81 bits per heavy atom. The Morgan fingerprint density at radius 3 is 2.54 bits per heavy atom. The van der Waals surface area contributed by atoms with E-state index in [-0.39, 0.29) is 5.91 Å². The number of carbonyl (C=O) groups is 1. The first kappa shape index (κ1) is 18.0. The molecule has 4 aliphatic rings. The maximum atomic E-state index is 11.2. The zero-order chi connectivity index (χ0) is 17.9. The Bertz CT molecular complexity index is 612. The van der Waals surface area contributed by atoms with Crippen molar-refractivity contribution in [3.05, 3.63) is 29.8 Å². The smallest absolute Gasteiger partial charge is 0.221 e. The number of anilines is 1. The average Bonchev–Trinajstić information content (AvgIpc) is 2.96. The summed E-state index contributed by atoms with van der Waals surface area (Å²) in [5, 5.41) is 2.85. The van der Waals surface area contributed by atoms with Gasteiger partial charge in [0, 0.05) is 64.1 Å². The molecule has 1 aromatic carbocycles. The number of nitrogens with one attached hydrogen (secondary N) is 1. The molecular formula is C21H31N3O2. The second-order valence-corrected chi connectivity index (χ2v) is 8.20. The summed E-state index contributed by atoms with van der Waals surface area (Å²) in [5.74, 6) is 0.783. The Hall–Kier alpha value is -1.43. The van der Waals surface area contributed by atoms with Crippen LogP contribution in [0.15, 0.2) is 24.3 Å². The maximum absolute atomic E-state index is 11.2. The lowest BCUT2D eigenvalue weighted by Gasteiger charge is -2.37. The van der Waals surface area contributed by atoms with E-state index in [9.17, 15) is 4.79 Å². The van der Waals surface area contributed by atoms with Crippen LogP contribution in [0, 0.1) is 5.92 Å². The van der Waals surface area contributed by atoms with Crippen LogP contribution in [0.2, 0.25) is 0 Å². The number of nitrogens with zero attached hydrogens (tertiary/aromatic N) is 2. The summed E-state index contributed by atoms with van der Waals surface area (Å²) in [7, 11) is 0. The van der Waals surface area contributed by atoms with E-state index in [1.807, 2.05) is 12.1 Å². The van der Waals surface area contributed by atoms with E-state index < -0.39 is 0 Å². The number of rotatable bonds is 4. The second-order valence-electron chi connectivity index (χ2n) is 8.20. The third kappa shape index (κ3) is 4.27. The lowest BCUT2D eigenvalue weighted by atomic mass is 9.94. The predicted molar refractivity (Wildman–Crippen MR) is 103 cm³/mol. The van der Waals surface area contributed by atoms with Crippen molar-refractivity contribution in [2.75, 3.05) is 38.2 Å². The monoisotopic (exact) mass is 357 g/mol. The fourth-order valence-electron chi connectivity index (χ4n) is 4.89. The van der Waals surface area contributed by atoms with Crippen LogP contribution < -0.4 is 5.32 Å². The fourth-order valence-corrected chi connectivity index (χ4v) is 4.89. The number of fused-ring (bicyclic) bond motifs is 4. The fraction of sp³-hybridized carbons (Fsp3) is 0.667. The number of ether oxygens (including phenoxy) is 1. The van der Waals surface area contributed by atoms with Crippen LogP contribution in [-0.4, -0.2) is 60.6 Å². The average molecular weight is 357 g/mol. The van der Waals surface area contributed by atoms with Crippen molar-refractivity contribution in [1.29, 1.82) is 0 Å². The number of carbonyl (C=O) groups excluding carboxylic acids is 1. The number of piperidine rings is 1. The topological polar surface area (TPSA) is 44.8 Å². The molecule has 26 heavy (non-hydrogen) atoms. The first-order valence-electron chi connectivity index (χ1n) is 10.1. The molecule has 5 rings (SSSR count). The predicted octanol–water partition coefficient (Wildman–Crippen LogP) is 2.72. The minimum atomic E-state index is -0.0178. The molecule has 0 aromatic heterocycles. The van der Waals surface area contributed by atoms with Gasteiger partial charge in [-0.25, -0.2) is 0 Å². The van der Waals surface area contributed by atoms with Gasteiger partial charge in [-0.3, -0.25) is 14.6 Å². The molecule has 5 heteroatoms. The van der Waals surface area contributed by atoms with Gasteiger partial charge in [0.25, 0.3) is 0 Å². The zero-order valence-electron chi connectivity index (χ0n) is 15.8. The molecule has 2 atom stereocenters. The summed E-state index contributed by atoms with van der Waals surface area (Å²) in [5.41, 5.74) is 2.22. The first-order chi connectivity index (χ1) is 12.7. The van der Waals surface area contributed by atoms with Gasteiger partial charge in [0.1, 0.15) is 0 Å².